The first-order chi connectivity index (χ1) is 6.72. The highest BCUT2D eigenvalue weighted by atomic mass is 16.5. The lowest BCUT2D eigenvalue weighted by Gasteiger charge is -2.04. The van der Waals surface area contributed by atoms with Gasteiger partial charge in [-0.1, -0.05) is 12.1 Å². The largest absolute Gasteiger partial charge is 0.508 e. The number of hydrogen-bond acceptors (Lipinski definition) is 3. The summed E-state index contributed by atoms with van der Waals surface area (Å²) in [4.78, 5) is 11.0. The molecule has 0 saturated heterocycles. The van der Waals surface area contributed by atoms with E-state index in [4.69, 9.17) is 5.11 Å². The van der Waals surface area contributed by atoms with Gasteiger partial charge in [0, 0.05) is 13.7 Å². The van der Waals surface area contributed by atoms with Crippen molar-refractivity contribution in [2.45, 2.75) is 6.54 Å². The first-order valence-corrected chi connectivity index (χ1v) is 4.26. The number of ether oxygens (including phenoxy) is 1. The molecule has 0 aliphatic carbocycles. The van der Waals surface area contributed by atoms with Crippen LogP contribution in [-0.2, 0) is 16.1 Å². The van der Waals surface area contributed by atoms with Crippen LogP contribution in [-0.4, -0.2) is 24.7 Å². The van der Waals surface area contributed by atoms with E-state index < -0.39 is 0 Å². The molecule has 4 nitrogen and oxygen atoms in total. The van der Waals surface area contributed by atoms with Gasteiger partial charge in [0.15, 0.2) is 0 Å². The van der Waals surface area contributed by atoms with Crippen molar-refractivity contribution in [2.24, 2.45) is 0 Å². The first-order valence-electron chi connectivity index (χ1n) is 4.26. The number of methoxy groups -OCH3 is 1. The number of nitrogens with one attached hydrogen (secondary N) is 1. The minimum atomic E-state index is -0.171. The number of phenolic OH excluding ortho intramolecular Hbond substituents is 1. The molecule has 0 saturated carbocycles. The molecule has 0 spiro atoms. The first kappa shape index (κ1) is 10.5. The predicted molar refractivity (Wildman–Crippen MR) is 51.8 cm³/mol. The minimum Gasteiger partial charge on any atom is -0.508 e. The van der Waals surface area contributed by atoms with Gasteiger partial charge in [0.1, 0.15) is 12.4 Å². The van der Waals surface area contributed by atoms with Gasteiger partial charge in [-0.2, -0.15) is 0 Å². The molecule has 1 aromatic rings. The highest BCUT2D eigenvalue weighted by molar-refractivity contribution is 5.77. The Balaban J connectivity index is 2.41. The molecule has 76 valence electrons. The molecule has 2 N–H and O–H groups in total. The Morgan fingerprint density at radius 1 is 1.57 bits per heavy atom. The second-order valence-corrected chi connectivity index (χ2v) is 2.88. The zero-order valence-corrected chi connectivity index (χ0v) is 7.99. The second kappa shape index (κ2) is 5.24. The van der Waals surface area contributed by atoms with Crippen molar-refractivity contribution in [3.63, 3.8) is 0 Å². The van der Waals surface area contributed by atoms with E-state index in [2.05, 4.69) is 10.1 Å². The maximum Gasteiger partial charge on any atom is 0.246 e. The fourth-order valence-corrected chi connectivity index (χ4v) is 1.05. The van der Waals surface area contributed by atoms with Crippen LogP contribution >= 0.6 is 0 Å². The van der Waals surface area contributed by atoms with E-state index in [0.29, 0.717) is 6.54 Å². The summed E-state index contributed by atoms with van der Waals surface area (Å²) in [5, 5.41) is 11.8. The number of aromatic hydroxyl groups is 1. The Morgan fingerprint density at radius 3 is 3.00 bits per heavy atom. The van der Waals surface area contributed by atoms with Crippen LogP contribution in [0.5, 0.6) is 5.75 Å². The molecule has 0 aromatic heterocycles. The molecule has 0 bridgehead atoms. The van der Waals surface area contributed by atoms with Crippen LogP contribution in [0.15, 0.2) is 24.3 Å². The van der Waals surface area contributed by atoms with Crippen LogP contribution in [0.4, 0.5) is 0 Å². The van der Waals surface area contributed by atoms with E-state index in [1.165, 1.54) is 7.11 Å². The van der Waals surface area contributed by atoms with Gasteiger partial charge in [-0.15, -0.1) is 0 Å². The third-order valence-corrected chi connectivity index (χ3v) is 1.68. The van der Waals surface area contributed by atoms with Crippen LogP contribution in [0.3, 0.4) is 0 Å². The summed E-state index contributed by atoms with van der Waals surface area (Å²) < 4.78 is 4.65. The van der Waals surface area contributed by atoms with Gasteiger partial charge in [-0.05, 0) is 17.7 Å². The number of carbonyl (C=O) groups is 1. The zero-order chi connectivity index (χ0) is 10.4. The molecule has 4 heteroatoms. The van der Waals surface area contributed by atoms with Gasteiger partial charge in [-0.25, -0.2) is 0 Å². The molecule has 1 rings (SSSR count). The van der Waals surface area contributed by atoms with Crippen LogP contribution in [0.25, 0.3) is 0 Å². The molecule has 0 fully saturated rings. The monoisotopic (exact) mass is 195 g/mol. The standard InChI is InChI=1S/C10H13NO3/c1-14-7-10(13)11-6-8-3-2-4-9(12)5-8/h2-5,12H,6-7H2,1H3,(H,11,13). The summed E-state index contributed by atoms with van der Waals surface area (Å²) in [6.07, 6.45) is 0. The van der Waals surface area contributed by atoms with E-state index in [1.807, 2.05) is 6.07 Å². The van der Waals surface area contributed by atoms with E-state index in [0.717, 1.165) is 5.56 Å². The minimum absolute atomic E-state index is 0.0544. The molecule has 0 atom stereocenters. The van der Waals surface area contributed by atoms with Crippen molar-refractivity contribution in [3.8, 4) is 5.75 Å². The van der Waals surface area contributed by atoms with Crippen molar-refractivity contribution >= 4 is 5.91 Å². The lowest BCUT2D eigenvalue weighted by molar-refractivity contribution is -0.124. The third kappa shape index (κ3) is 3.45. The summed E-state index contributed by atoms with van der Waals surface area (Å²) in [6, 6.07) is 6.74. The quantitative estimate of drug-likeness (QED) is 0.741. The molecule has 0 heterocycles. The Kier molecular flexibility index (Phi) is 3.94. The highest BCUT2D eigenvalue weighted by Gasteiger charge is 1.99. The number of benzene rings is 1. The van der Waals surface area contributed by atoms with Gasteiger partial charge in [0.05, 0.1) is 0 Å². The Hall–Kier alpha value is -1.55. The van der Waals surface area contributed by atoms with Gasteiger partial charge < -0.3 is 15.2 Å². The van der Waals surface area contributed by atoms with Crippen molar-refractivity contribution < 1.29 is 14.6 Å². The third-order valence-electron chi connectivity index (χ3n) is 1.68. The molecular formula is C10H13NO3. The smallest absolute Gasteiger partial charge is 0.246 e. The van der Waals surface area contributed by atoms with Gasteiger partial charge in [0.25, 0.3) is 0 Å². The normalized spacial score (nSPS) is 9.79. The number of hydrogen-bond donors (Lipinski definition) is 2. The van der Waals surface area contributed by atoms with Crippen molar-refractivity contribution in [1.82, 2.24) is 5.32 Å². The van der Waals surface area contributed by atoms with Crippen molar-refractivity contribution in [3.05, 3.63) is 29.8 Å². The molecule has 0 aliphatic rings. The predicted octanol–water partition coefficient (Wildman–Crippen LogP) is 0.655. The van der Waals surface area contributed by atoms with Gasteiger partial charge >= 0.3 is 0 Å². The van der Waals surface area contributed by atoms with E-state index in [9.17, 15) is 4.79 Å². The molecule has 1 aromatic carbocycles. The van der Waals surface area contributed by atoms with Crippen LogP contribution in [0.2, 0.25) is 0 Å². The molecule has 14 heavy (non-hydrogen) atoms. The molecular weight excluding hydrogens is 182 g/mol. The molecule has 0 radical (unpaired) electrons. The maximum atomic E-state index is 11.0. The topological polar surface area (TPSA) is 58.6 Å². The fourth-order valence-electron chi connectivity index (χ4n) is 1.05. The maximum absolute atomic E-state index is 11.0. The lowest BCUT2D eigenvalue weighted by atomic mass is 10.2. The summed E-state index contributed by atoms with van der Waals surface area (Å²) in [5.41, 5.74) is 0.856. The molecule has 0 unspecified atom stereocenters. The average molecular weight is 195 g/mol. The average Bonchev–Trinajstić information content (AvgIpc) is 2.15. The summed E-state index contributed by atoms with van der Waals surface area (Å²) in [6.45, 7) is 0.454. The van der Waals surface area contributed by atoms with Crippen LogP contribution in [0, 0.1) is 0 Å². The highest BCUT2D eigenvalue weighted by Crippen LogP contribution is 2.10. The van der Waals surface area contributed by atoms with Crippen LogP contribution < -0.4 is 5.32 Å². The van der Waals surface area contributed by atoms with E-state index in [1.54, 1.807) is 18.2 Å². The second-order valence-electron chi connectivity index (χ2n) is 2.88. The van der Waals surface area contributed by atoms with Gasteiger partial charge in [0.2, 0.25) is 5.91 Å². The number of rotatable bonds is 4. The summed E-state index contributed by atoms with van der Waals surface area (Å²) in [7, 11) is 1.47. The zero-order valence-electron chi connectivity index (χ0n) is 7.99. The van der Waals surface area contributed by atoms with E-state index in [-0.39, 0.29) is 18.3 Å². The van der Waals surface area contributed by atoms with Crippen LogP contribution in [0.1, 0.15) is 5.56 Å². The molecule has 1 amide bonds. The SMILES string of the molecule is COCC(=O)NCc1cccc(O)c1. The molecule has 0 aliphatic heterocycles. The number of amides is 1. The van der Waals surface area contributed by atoms with Crippen molar-refractivity contribution in [2.75, 3.05) is 13.7 Å². The number of phenols is 1. The Morgan fingerprint density at radius 2 is 2.36 bits per heavy atom. The van der Waals surface area contributed by atoms with E-state index >= 15 is 0 Å². The van der Waals surface area contributed by atoms with Gasteiger partial charge in [-0.3, -0.25) is 4.79 Å². The summed E-state index contributed by atoms with van der Waals surface area (Å²) >= 11 is 0. The lowest BCUT2D eigenvalue weighted by Crippen LogP contribution is -2.26. The Labute approximate surface area is 82.5 Å². The Bertz CT molecular complexity index is 312. The summed E-state index contributed by atoms with van der Waals surface area (Å²) in [5.74, 6) is 0.0272. The fraction of sp³-hybridized carbons (Fsp3) is 0.300. The van der Waals surface area contributed by atoms with Crippen molar-refractivity contribution in [1.29, 1.82) is 0 Å². The number of carbonyl (C=O) groups excluding carboxylic acids is 1.